The van der Waals surface area contributed by atoms with Gasteiger partial charge in [0.25, 0.3) is 0 Å². The Balaban J connectivity index is 2.09. The van der Waals surface area contributed by atoms with Gasteiger partial charge in [-0.05, 0) is 26.0 Å². The zero-order valence-electron chi connectivity index (χ0n) is 11.9. The highest BCUT2D eigenvalue weighted by Gasteiger charge is 2.17. The highest BCUT2D eigenvalue weighted by Crippen LogP contribution is 2.29. The minimum Gasteiger partial charge on any atom is -0.338 e. The molecule has 6 heteroatoms. The van der Waals surface area contributed by atoms with Gasteiger partial charge in [0.05, 0.1) is 10.8 Å². The van der Waals surface area contributed by atoms with Crippen LogP contribution in [0.25, 0.3) is 10.9 Å². The van der Waals surface area contributed by atoms with Gasteiger partial charge in [-0.25, -0.2) is 4.79 Å². The quantitative estimate of drug-likeness (QED) is 0.852. The van der Waals surface area contributed by atoms with Crippen molar-refractivity contribution >= 4 is 34.6 Å². The second kappa shape index (κ2) is 7.08. The monoisotopic (exact) mass is 303 g/mol. The third-order valence-corrected chi connectivity index (χ3v) is 3.99. The predicted octanol–water partition coefficient (Wildman–Crippen LogP) is 2.56. The van der Waals surface area contributed by atoms with Crippen molar-refractivity contribution in [2.24, 2.45) is 0 Å². The van der Waals surface area contributed by atoms with E-state index in [1.165, 1.54) is 11.8 Å². The van der Waals surface area contributed by atoms with E-state index in [-0.39, 0.29) is 11.2 Å². The molecule has 110 valence electrons. The number of thioether (sulfide) groups is 1. The maximum atomic E-state index is 12.0. The standard InChI is InChI=1S/C15H17N3O2S/c1-3-16-15(20)18-14(19)10(2)21-12-8-4-6-11-7-5-9-17-13(11)12/h4-10H,3H2,1-2H3,(H2,16,18,19,20). The van der Waals surface area contributed by atoms with Gasteiger partial charge in [0, 0.05) is 23.0 Å². The maximum absolute atomic E-state index is 12.0. The average molecular weight is 303 g/mol. The molecule has 0 radical (unpaired) electrons. The van der Waals surface area contributed by atoms with Crippen LogP contribution >= 0.6 is 11.8 Å². The fourth-order valence-electron chi connectivity index (χ4n) is 1.83. The van der Waals surface area contributed by atoms with Crippen LogP contribution in [0.1, 0.15) is 13.8 Å². The highest BCUT2D eigenvalue weighted by molar-refractivity contribution is 8.00. The molecule has 3 amide bonds. The minimum absolute atomic E-state index is 0.320. The van der Waals surface area contributed by atoms with Gasteiger partial charge >= 0.3 is 6.03 Å². The molecule has 1 atom stereocenters. The molecule has 1 aromatic carbocycles. The molecule has 2 aromatic rings. The molecule has 1 aromatic heterocycles. The lowest BCUT2D eigenvalue weighted by Crippen LogP contribution is -2.42. The molecular weight excluding hydrogens is 286 g/mol. The summed E-state index contributed by atoms with van der Waals surface area (Å²) in [6.07, 6.45) is 1.73. The number of rotatable bonds is 4. The summed E-state index contributed by atoms with van der Waals surface area (Å²) in [7, 11) is 0. The number of urea groups is 1. The number of hydrogen-bond donors (Lipinski definition) is 2. The molecule has 0 spiro atoms. The fraction of sp³-hybridized carbons (Fsp3) is 0.267. The number of carbonyl (C=O) groups excluding carboxylic acids is 2. The lowest BCUT2D eigenvalue weighted by atomic mass is 10.2. The number of fused-ring (bicyclic) bond motifs is 1. The zero-order chi connectivity index (χ0) is 15.2. The van der Waals surface area contributed by atoms with Gasteiger partial charge in [-0.1, -0.05) is 18.2 Å². The molecule has 1 heterocycles. The highest BCUT2D eigenvalue weighted by atomic mass is 32.2. The van der Waals surface area contributed by atoms with E-state index in [0.29, 0.717) is 6.54 Å². The molecule has 0 saturated carbocycles. The Morgan fingerprint density at radius 1 is 1.29 bits per heavy atom. The number of pyridine rings is 1. The van der Waals surface area contributed by atoms with E-state index in [1.807, 2.05) is 30.3 Å². The van der Waals surface area contributed by atoms with E-state index in [2.05, 4.69) is 15.6 Å². The molecule has 0 aliphatic carbocycles. The molecule has 0 saturated heterocycles. The summed E-state index contributed by atoms with van der Waals surface area (Å²) in [5.41, 5.74) is 0.864. The first kappa shape index (κ1) is 15.3. The number of hydrogen-bond acceptors (Lipinski definition) is 4. The number of nitrogens with one attached hydrogen (secondary N) is 2. The summed E-state index contributed by atoms with van der Waals surface area (Å²) in [5.74, 6) is -0.320. The summed E-state index contributed by atoms with van der Waals surface area (Å²) >= 11 is 1.39. The number of amides is 3. The Bertz CT molecular complexity index is 655. The Morgan fingerprint density at radius 3 is 2.81 bits per heavy atom. The molecule has 5 nitrogen and oxygen atoms in total. The van der Waals surface area contributed by atoms with Gasteiger partial charge < -0.3 is 5.32 Å². The Labute approximate surface area is 127 Å². The number of aromatic nitrogens is 1. The van der Waals surface area contributed by atoms with Crippen LogP contribution in [0, 0.1) is 0 Å². The first-order valence-electron chi connectivity index (χ1n) is 6.71. The molecule has 0 fully saturated rings. The van der Waals surface area contributed by atoms with E-state index in [0.717, 1.165) is 15.8 Å². The third kappa shape index (κ3) is 3.95. The van der Waals surface area contributed by atoms with Crippen molar-refractivity contribution in [1.82, 2.24) is 15.6 Å². The van der Waals surface area contributed by atoms with Gasteiger partial charge in [-0.15, -0.1) is 11.8 Å². The zero-order valence-corrected chi connectivity index (χ0v) is 12.7. The van der Waals surface area contributed by atoms with Gasteiger partial charge in [-0.2, -0.15) is 0 Å². The van der Waals surface area contributed by atoms with Crippen LogP contribution in [0.3, 0.4) is 0 Å². The second-order valence-electron chi connectivity index (χ2n) is 4.44. The summed E-state index contributed by atoms with van der Waals surface area (Å²) in [4.78, 5) is 28.6. The van der Waals surface area contributed by atoms with Crippen LogP contribution in [-0.2, 0) is 4.79 Å². The summed E-state index contributed by atoms with van der Waals surface area (Å²) < 4.78 is 0. The molecule has 0 aliphatic heterocycles. The number of imide groups is 1. The Morgan fingerprint density at radius 2 is 2.05 bits per heavy atom. The van der Waals surface area contributed by atoms with Crippen molar-refractivity contribution in [3.8, 4) is 0 Å². The number of carbonyl (C=O) groups is 2. The van der Waals surface area contributed by atoms with E-state index in [4.69, 9.17) is 0 Å². The van der Waals surface area contributed by atoms with E-state index in [1.54, 1.807) is 20.0 Å². The average Bonchev–Trinajstić information content (AvgIpc) is 2.47. The Hall–Kier alpha value is -2.08. The van der Waals surface area contributed by atoms with Crippen molar-refractivity contribution in [3.63, 3.8) is 0 Å². The lowest BCUT2D eigenvalue weighted by Gasteiger charge is -2.12. The predicted molar refractivity (Wildman–Crippen MR) is 84.3 cm³/mol. The molecule has 1 unspecified atom stereocenters. The molecule has 0 bridgehead atoms. The summed E-state index contributed by atoms with van der Waals surface area (Å²) in [5, 5.41) is 5.49. The number of nitrogens with zero attached hydrogens (tertiary/aromatic N) is 1. The lowest BCUT2D eigenvalue weighted by molar-refractivity contribution is -0.119. The van der Waals surface area contributed by atoms with E-state index in [9.17, 15) is 9.59 Å². The molecule has 21 heavy (non-hydrogen) atoms. The van der Waals surface area contributed by atoms with Crippen LogP contribution in [0.4, 0.5) is 4.79 Å². The van der Waals surface area contributed by atoms with Crippen LogP contribution in [0.15, 0.2) is 41.4 Å². The van der Waals surface area contributed by atoms with Crippen molar-refractivity contribution in [3.05, 3.63) is 36.5 Å². The van der Waals surface area contributed by atoms with Gasteiger partial charge in [0.2, 0.25) is 5.91 Å². The number of benzene rings is 1. The van der Waals surface area contributed by atoms with E-state index < -0.39 is 6.03 Å². The smallest absolute Gasteiger partial charge is 0.321 e. The first-order chi connectivity index (χ1) is 10.1. The number of para-hydroxylation sites is 1. The first-order valence-corrected chi connectivity index (χ1v) is 7.59. The Kier molecular flexibility index (Phi) is 5.16. The molecule has 2 N–H and O–H groups in total. The molecule has 0 aliphatic rings. The molecule has 2 rings (SSSR count). The largest absolute Gasteiger partial charge is 0.338 e. The summed E-state index contributed by atoms with van der Waals surface area (Å²) in [6.45, 7) is 4.04. The van der Waals surface area contributed by atoms with Gasteiger partial charge in [0.15, 0.2) is 0 Å². The SMILES string of the molecule is CCNC(=O)NC(=O)C(C)Sc1cccc2cccnc12. The van der Waals surface area contributed by atoms with Crippen molar-refractivity contribution < 1.29 is 9.59 Å². The van der Waals surface area contributed by atoms with Crippen LogP contribution in [0.5, 0.6) is 0 Å². The topological polar surface area (TPSA) is 71.1 Å². The maximum Gasteiger partial charge on any atom is 0.321 e. The second-order valence-corrected chi connectivity index (χ2v) is 5.82. The normalized spacial score (nSPS) is 11.9. The van der Waals surface area contributed by atoms with E-state index >= 15 is 0 Å². The van der Waals surface area contributed by atoms with Gasteiger partial charge in [0.1, 0.15) is 0 Å². The molecular formula is C15H17N3O2S. The summed E-state index contributed by atoms with van der Waals surface area (Å²) in [6, 6.07) is 9.22. The minimum atomic E-state index is -0.467. The van der Waals surface area contributed by atoms with Crippen LogP contribution < -0.4 is 10.6 Å². The fourth-order valence-corrected chi connectivity index (χ4v) is 2.82. The van der Waals surface area contributed by atoms with Crippen LogP contribution in [0.2, 0.25) is 0 Å². The van der Waals surface area contributed by atoms with Crippen LogP contribution in [-0.4, -0.2) is 28.7 Å². The van der Waals surface area contributed by atoms with Crippen molar-refractivity contribution in [1.29, 1.82) is 0 Å². The third-order valence-electron chi connectivity index (χ3n) is 2.84. The van der Waals surface area contributed by atoms with Crippen molar-refractivity contribution in [2.75, 3.05) is 6.54 Å². The van der Waals surface area contributed by atoms with Gasteiger partial charge in [-0.3, -0.25) is 15.1 Å². The van der Waals surface area contributed by atoms with Crippen molar-refractivity contribution in [2.45, 2.75) is 24.0 Å².